The molecule has 5 heteroatoms. The normalized spacial score (nSPS) is 12.6. The van der Waals surface area contributed by atoms with E-state index in [2.05, 4.69) is 102 Å². The molecule has 0 amide bonds. The molecule has 0 bridgehead atoms. The van der Waals surface area contributed by atoms with E-state index in [1.165, 1.54) is 53.5 Å². The minimum Gasteiger partial charge on any atom is -0.309 e. The highest BCUT2D eigenvalue weighted by atomic mass is 32.1. The van der Waals surface area contributed by atoms with Crippen molar-refractivity contribution in [1.29, 1.82) is 0 Å². The van der Waals surface area contributed by atoms with E-state index in [0.29, 0.717) is 17.5 Å². The van der Waals surface area contributed by atoms with Crippen molar-refractivity contribution in [2.24, 2.45) is 0 Å². The van der Waals surface area contributed by atoms with Crippen LogP contribution in [0.5, 0.6) is 0 Å². The highest BCUT2D eigenvalue weighted by molar-refractivity contribution is 7.20. The van der Waals surface area contributed by atoms with Gasteiger partial charge in [0, 0.05) is 59.2 Å². The van der Waals surface area contributed by atoms with Crippen molar-refractivity contribution in [2.45, 2.75) is 12.8 Å². The van der Waals surface area contributed by atoms with Gasteiger partial charge in [-0.1, -0.05) is 140 Å². The fraction of sp³-hybridized carbons (Fsp3) is 0.0444. The first-order valence-electron chi connectivity index (χ1n) is 17.0. The van der Waals surface area contributed by atoms with Crippen LogP contribution in [0.4, 0.5) is 0 Å². The first kappa shape index (κ1) is 28.8. The molecule has 0 unspecified atom stereocenters. The highest BCUT2D eigenvalue weighted by Crippen LogP contribution is 2.45. The molecule has 9 aromatic rings. The molecule has 0 radical (unpaired) electrons. The van der Waals surface area contributed by atoms with Gasteiger partial charge in [0.2, 0.25) is 0 Å². The summed E-state index contributed by atoms with van der Waals surface area (Å²) >= 11 is 1.95. The van der Waals surface area contributed by atoms with Gasteiger partial charge in [-0.25, -0.2) is 15.0 Å². The van der Waals surface area contributed by atoms with Crippen LogP contribution in [0.3, 0.4) is 0 Å². The Bertz CT molecular complexity index is 2700. The van der Waals surface area contributed by atoms with Crippen LogP contribution in [0.25, 0.3) is 88.9 Å². The van der Waals surface area contributed by atoms with Gasteiger partial charge in [-0.3, -0.25) is 0 Å². The third-order valence-corrected chi connectivity index (χ3v) is 11.0. The molecule has 0 N–H and O–H groups in total. The number of rotatable bonds is 5. The zero-order valence-corrected chi connectivity index (χ0v) is 27.9. The number of nitrogens with zero attached hydrogens (tertiary/aromatic N) is 4. The summed E-state index contributed by atoms with van der Waals surface area (Å²) in [6.45, 7) is 0. The summed E-state index contributed by atoms with van der Waals surface area (Å²) in [5.74, 6) is 1.95. The lowest BCUT2D eigenvalue weighted by Gasteiger charge is -2.14. The molecule has 3 aromatic heterocycles. The molecule has 50 heavy (non-hydrogen) atoms. The molecule has 0 aliphatic heterocycles. The number of hydrogen-bond acceptors (Lipinski definition) is 4. The Morgan fingerprint density at radius 1 is 0.520 bits per heavy atom. The lowest BCUT2D eigenvalue weighted by atomic mass is 9.97. The van der Waals surface area contributed by atoms with Crippen molar-refractivity contribution in [2.75, 3.05) is 0 Å². The molecule has 0 saturated carbocycles. The van der Waals surface area contributed by atoms with Gasteiger partial charge in [0.05, 0.1) is 11.0 Å². The Balaban J connectivity index is 1.21. The molecule has 10 rings (SSSR count). The van der Waals surface area contributed by atoms with E-state index in [-0.39, 0.29) is 0 Å². The number of allylic oxidation sites excluding steroid dienone is 1. The maximum absolute atomic E-state index is 5.04. The van der Waals surface area contributed by atoms with Gasteiger partial charge in [-0.05, 0) is 36.6 Å². The SMILES string of the molecule is C1=Cc2c(sc3c(-c4cccc5c6ccccc6n(-c6cccc(-c7nc(-c8ccccc8)nc(-c8ccccc8)n7)c6)c45)cccc23)CC1. The zero-order valence-electron chi connectivity index (χ0n) is 27.1. The quantitative estimate of drug-likeness (QED) is 0.185. The van der Waals surface area contributed by atoms with Gasteiger partial charge in [0.1, 0.15) is 0 Å². The number of aryl methyl sites for hydroxylation is 1. The highest BCUT2D eigenvalue weighted by Gasteiger charge is 2.21. The molecule has 3 heterocycles. The van der Waals surface area contributed by atoms with Crippen LogP contribution in [-0.2, 0) is 6.42 Å². The molecule has 0 atom stereocenters. The summed E-state index contributed by atoms with van der Waals surface area (Å²) in [5, 5.41) is 3.81. The standard InChI is InChI=1S/C45H30N4S/c1-3-14-29(15-4-1)43-46-44(30-16-5-2-6-17-30)48-45(47-43)31-18-11-19-32(28-31)49-39-26-9-7-20-33(39)35-22-12-23-36(41(35)49)38-25-13-24-37-34-21-8-10-27-40(34)50-42(37)38/h1-9,11-26,28H,10,27H2. The molecular formula is C45H30N4S. The summed E-state index contributed by atoms with van der Waals surface area (Å²) < 4.78 is 3.78. The Morgan fingerprint density at radius 3 is 1.88 bits per heavy atom. The molecule has 0 spiro atoms. The van der Waals surface area contributed by atoms with E-state index in [0.717, 1.165) is 35.2 Å². The van der Waals surface area contributed by atoms with E-state index in [9.17, 15) is 0 Å². The average Bonchev–Trinajstić information content (AvgIpc) is 3.75. The van der Waals surface area contributed by atoms with Crippen molar-refractivity contribution >= 4 is 49.3 Å². The second-order valence-electron chi connectivity index (χ2n) is 12.7. The number of hydrogen-bond donors (Lipinski definition) is 0. The van der Waals surface area contributed by atoms with Crippen molar-refractivity contribution < 1.29 is 0 Å². The topological polar surface area (TPSA) is 43.6 Å². The lowest BCUT2D eigenvalue weighted by molar-refractivity contribution is 1.02. The maximum Gasteiger partial charge on any atom is 0.164 e. The first-order valence-corrected chi connectivity index (χ1v) is 17.8. The number of thiophene rings is 1. The van der Waals surface area contributed by atoms with Crippen molar-refractivity contribution in [3.63, 3.8) is 0 Å². The Morgan fingerprint density at radius 2 is 1.12 bits per heavy atom. The van der Waals surface area contributed by atoms with E-state index in [1.54, 1.807) is 0 Å². The Labute approximate surface area is 293 Å². The van der Waals surface area contributed by atoms with Crippen molar-refractivity contribution in [3.8, 4) is 51.0 Å². The maximum atomic E-state index is 5.04. The third kappa shape index (κ3) is 4.70. The Hall–Kier alpha value is -6.17. The van der Waals surface area contributed by atoms with Crippen LogP contribution in [-0.4, -0.2) is 19.5 Å². The molecule has 236 valence electrons. The zero-order chi connectivity index (χ0) is 33.0. The van der Waals surface area contributed by atoms with Crippen LogP contribution in [0.1, 0.15) is 16.9 Å². The summed E-state index contributed by atoms with van der Waals surface area (Å²) in [6.07, 6.45) is 6.84. The van der Waals surface area contributed by atoms with Gasteiger partial charge in [-0.2, -0.15) is 0 Å². The smallest absolute Gasteiger partial charge is 0.164 e. The predicted molar refractivity (Wildman–Crippen MR) is 209 cm³/mol. The van der Waals surface area contributed by atoms with E-state index in [1.807, 2.05) is 72.0 Å². The van der Waals surface area contributed by atoms with Crippen molar-refractivity contribution in [3.05, 3.63) is 162 Å². The molecule has 1 aliphatic rings. The molecule has 6 aromatic carbocycles. The first-order chi connectivity index (χ1) is 24.8. The molecule has 4 nitrogen and oxygen atoms in total. The molecule has 1 aliphatic carbocycles. The largest absolute Gasteiger partial charge is 0.309 e. The average molecular weight is 659 g/mol. The number of para-hydroxylation sites is 2. The van der Waals surface area contributed by atoms with Crippen LogP contribution >= 0.6 is 11.3 Å². The van der Waals surface area contributed by atoms with Crippen LogP contribution in [0.15, 0.2) is 152 Å². The number of fused-ring (bicyclic) bond motifs is 6. The monoisotopic (exact) mass is 658 g/mol. The summed E-state index contributed by atoms with van der Waals surface area (Å²) in [4.78, 5) is 16.5. The van der Waals surface area contributed by atoms with Crippen molar-refractivity contribution in [1.82, 2.24) is 19.5 Å². The fourth-order valence-electron chi connectivity index (χ4n) is 7.41. The molecular weight excluding hydrogens is 629 g/mol. The number of benzene rings is 6. The minimum atomic E-state index is 0.641. The third-order valence-electron chi connectivity index (χ3n) is 9.70. The predicted octanol–water partition coefficient (Wildman–Crippen LogP) is 11.8. The van der Waals surface area contributed by atoms with Crippen LogP contribution < -0.4 is 0 Å². The van der Waals surface area contributed by atoms with E-state index >= 15 is 0 Å². The molecule has 0 saturated heterocycles. The second kappa shape index (κ2) is 11.8. The number of aromatic nitrogens is 4. The Kier molecular flexibility index (Phi) is 6.78. The minimum absolute atomic E-state index is 0.641. The van der Waals surface area contributed by atoms with Crippen LogP contribution in [0.2, 0.25) is 0 Å². The van der Waals surface area contributed by atoms with Crippen LogP contribution in [0, 0.1) is 0 Å². The molecule has 0 fully saturated rings. The summed E-state index contributed by atoms with van der Waals surface area (Å²) in [7, 11) is 0. The van der Waals surface area contributed by atoms with Gasteiger partial charge in [0.25, 0.3) is 0 Å². The second-order valence-corrected chi connectivity index (χ2v) is 13.8. The van der Waals surface area contributed by atoms with E-state index in [4.69, 9.17) is 15.0 Å². The van der Waals surface area contributed by atoms with Gasteiger partial charge >= 0.3 is 0 Å². The van der Waals surface area contributed by atoms with Gasteiger partial charge < -0.3 is 4.57 Å². The van der Waals surface area contributed by atoms with E-state index < -0.39 is 0 Å². The lowest BCUT2D eigenvalue weighted by Crippen LogP contribution is -2.01. The summed E-state index contributed by atoms with van der Waals surface area (Å²) in [5.41, 5.74) is 10.2. The summed E-state index contributed by atoms with van der Waals surface area (Å²) in [6, 6.07) is 51.2. The fourth-order valence-corrected chi connectivity index (χ4v) is 8.74. The van der Waals surface area contributed by atoms with Gasteiger partial charge in [0.15, 0.2) is 17.5 Å². The van der Waals surface area contributed by atoms with Gasteiger partial charge in [-0.15, -0.1) is 11.3 Å².